The van der Waals surface area contributed by atoms with E-state index in [1.54, 1.807) is 0 Å². The van der Waals surface area contributed by atoms with Crippen LogP contribution in [-0.4, -0.2) is 30.6 Å². The van der Waals surface area contributed by atoms with Gasteiger partial charge in [-0.15, -0.1) is 0 Å². The highest BCUT2D eigenvalue weighted by Crippen LogP contribution is 2.21. The second kappa shape index (κ2) is 7.93. The largest absolute Gasteiger partial charge is 0.337 e. The Hall–Kier alpha value is -1.51. The van der Waals surface area contributed by atoms with Crippen LogP contribution < -0.4 is 5.32 Å². The van der Waals surface area contributed by atoms with Crippen LogP contribution >= 0.6 is 0 Å². The van der Waals surface area contributed by atoms with Crippen molar-refractivity contribution in [3.05, 3.63) is 35.9 Å². The molecule has 0 bridgehead atoms. The van der Waals surface area contributed by atoms with E-state index < -0.39 is 0 Å². The minimum absolute atomic E-state index is 0.0534. The highest BCUT2D eigenvalue weighted by atomic mass is 16.2. The monoisotopic (exact) mass is 276 g/mol. The number of hydrogen-bond acceptors (Lipinski definition) is 1. The highest BCUT2D eigenvalue weighted by Gasteiger charge is 2.22. The van der Waals surface area contributed by atoms with Gasteiger partial charge in [0.1, 0.15) is 0 Å². The van der Waals surface area contributed by atoms with Crippen LogP contribution in [0.3, 0.4) is 0 Å². The van der Waals surface area contributed by atoms with Gasteiger partial charge in [-0.2, -0.15) is 0 Å². The Morgan fingerprint density at radius 1 is 1.10 bits per heavy atom. The van der Waals surface area contributed by atoms with Crippen LogP contribution in [0.15, 0.2) is 30.3 Å². The van der Waals surface area contributed by atoms with Crippen molar-refractivity contribution >= 4 is 6.03 Å². The lowest BCUT2D eigenvalue weighted by Gasteiger charge is -2.28. The van der Waals surface area contributed by atoms with Gasteiger partial charge in [0.05, 0.1) is 0 Å². The Morgan fingerprint density at radius 3 is 2.15 bits per heavy atom. The van der Waals surface area contributed by atoms with E-state index in [2.05, 4.69) is 45.1 Å². The minimum atomic E-state index is -0.0545. The quantitative estimate of drug-likeness (QED) is 0.807. The molecule has 0 fully saturated rings. The van der Waals surface area contributed by atoms with Gasteiger partial charge in [0, 0.05) is 25.0 Å². The fraction of sp³-hybridized carbons (Fsp3) is 0.588. The molecule has 0 atom stereocenters. The molecule has 0 aliphatic rings. The molecule has 20 heavy (non-hydrogen) atoms. The first-order valence-corrected chi connectivity index (χ1v) is 7.59. The van der Waals surface area contributed by atoms with Gasteiger partial charge in [0.15, 0.2) is 0 Å². The second-order valence-electron chi connectivity index (χ2n) is 5.90. The third kappa shape index (κ3) is 4.87. The first-order chi connectivity index (χ1) is 9.51. The lowest BCUT2D eigenvalue weighted by atomic mass is 9.85. The molecule has 3 nitrogen and oxygen atoms in total. The average Bonchev–Trinajstić information content (AvgIpc) is 2.45. The average molecular weight is 276 g/mol. The molecule has 112 valence electrons. The maximum atomic E-state index is 12.2. The number of carbonyl (C=O) groups is 1. The lowest BCUT2D eigenvalue weighted by Crippen LogP contribution is -2.45. The predicted octanol–water partition coefficient (Wildman–Crippen LogP) is 3.80. The molecule has 3 heteroatoms. The molecular formula is C17H28N2O. The molecule has 0 unspecified atom stereocenters. The van der Waals surface area contributed by atoms with Crippen LogP contribution in [0.2, 0.25) is 0 Å². The van der Waals surface area contributed by atoms with Gasteiger partial charge in [-0.1, -0.05) is 58.0 Å². The maximum absolute atomic E-state index is 12.2. The van der Waals surface area contributed by atoms with Crippen LogP contribution in [0, 0.1) is 0 Å². The Balaban J connectivity index is 2.58. The van der Waals surface area contributed by atoms with Crippen molar-refractivity contribution in [1.29, 1.82) is 0 Å². The van der Waals surface area contributed by atoms with Crippen LogP contribution in [0.5, 0.6) is 0 Å². The molecule has 0 aliphatic heterocycles. The van der Waals surface area contributed by atoms with E-state index in [0.717, 1.165) is 25.9 Å². The van der Waals surface area contributed by atoms with Gasteiger partial charge >= 0.3 is 6.03 Å². The molecule has 1 N–H and O–H groups in total. The summed E-state index contributed by atoms with van der Waals surface area (Å²) in [6.45, 7) is 10.8. The molecule has 0 saturated heterocycles. The summed E-state index contributed by atoms with van der Waals surface area (Å²) in [7, 11) is 0. The smallest absolute Gasteiger partial charge is 0.317 e. The standard InChI is InChI=1S/C17H28N2O/c1-5-12-19(13-6-2)16(20)18-14-17(3,4)15-10-8-7-9-11-15/h7-11H,5-6,12-14H2,1-4H3,(H,18,20). The molecule has 1 aromatic rings. The minimum Gasteiger partial charge on any atom is -0.337 e. The van der Waals surface area contributed by atoms with E-state index in [1.807, 2.05) is 23.1 Å². The normalized spacial score (nSPS) is 11.2. The van der Waals surface area contributed by atoms with Gasteiger partial charge in [-0.25, -0.2) is 4.79 Å². The molecule has 0 spiro atoms. The van der Waals surface area contributed by atoms with Crippen molar-refractivity contribution in [3.63, 3.8) is 0 Å². The molecule has 1 aromatic carbocycles. The van der Waals surface area contributed by atoms with Crippen LogP contribution in [0.4, 0.5) is 4.79 Å². The van der Waals surface area contributed by atoms with Gasteiger partial charge in [0.25, 0.3) is 0 Å². The molecular weight excluding hydrogens is 248 g/mol. The molecule has 0 aromatic heterocycles. The fourth-order valence-corrected chi connectivity index (χ4v) is 2.25. The zero-order valence-electron chi connectivity index (χ0n) is 13.3. The highest BCUT2D eigenvalue weighted by molar-refractivity contribution is 5.74. The van der Waals surface area contributed by atoms with Gasteiger partial charge in [0.2, 0.25) is 0 Å². The first kappa shape index (κ1) is 16.5. The van der Waals surface area contributed by atoms with E-state index in [1.165, 1.54) is 5.56 Å². The van der Waals surface area contributed by atoms with Crippen molar-refractivity contribution in [1.82, 2.24) is 10.2 Å². The summed E-state index contributed by atoms with van der Waals surface area (Å²) in [4.78, 5) is 14.1. The van der Waals surface area contributed by atoms with E-state index in [4.69, 9.17) is 0 Å². The Bertz CT molecular complexity index is 395. The predicted molar refractivity (Wildman–Crippen MR) is 85.0 cm³/mol. The molecule has 0 saturated carbocycles. The van der Waals surface area contributed by atoms with Crippen molar-refractivity contribution in [2.75, 3.05) is 19.6 Å². The molecule has 0 heterocycles. The number of carbonyl (C=O) groups excluding carboxylic acids is 1. The van der Waals surface area contributed by atoms with Crippen molar-refractivity contribution < 1.29 is 4.79 Å². The van der Waals surface area contributed by atoms with E-state index in [-0.39, 0.29) is 11.4 Å². The molecule has 1 rings (SSSR count). The zero-order chi connectivity index (χ0) is 15.0. The van der Waals surface area contributed by atoms with Crippen LogP contribution in [0.1, 0.15) is 46.1 Å². The third-order valence-corrected chi connectivity index (χ3v) is 3.51. The number of nitrogens with one attached hydrogen (secondary N) is 1. The summed E-state index contributed by atoms with van der Waals surface area (Å²) in [5, 5.41) is 3.08. The van der Waals surface area contributed by atoms with Crippen LogP contribution in [-0.2, 0) is 5.41 Å². The van der Waals surface area contributed by atoms with E-state index >= 15 is 0 Å². The number of rotatable bonds is 7. The molecule has 2 amide bonds. The number of amides is 2. The van der Waals surface area contributed by atoms with Crippen molar-refractivity contribution in [2.45, 2.75) is 46.0 Å². The fourth-order valence-electron chi connectivity index (χ4n) is 2.25. The van der Waals surface area contributed by atoms with Gasteiger partial charge in [-0.3, -0.25) is 0 Å². The van der Waals surface area contributed by atoms with E-state index in [0.29, 0.717) is 6.54 Å². The summed E-state index contributed by atoms with van der Waals surface area (Å²) in [5.41, 5.74) is 1.19. The number of urea groups is 1. The lowest BCUT2D eigenvalue weighted by molar-refractivity contribution is 0.195. The Labute approximate surface area is 123 Å². The third-order valence-electron chi connectivity index (χ3n) is 3.51. The Kier molecular flexibility index (Phi) is 6.56. The molecule has 0 radical (unpaired) electrons. The van der Waals surface area contributed by atoms with Crippen molar-refractivity contribution in [2.24, 2.45) is 0 Å². The summed E-state index contributed by atoms with van der Waals surface area (Å²) in [5.74, 6) is 0. The summed E-state index contributed by atoms with van der Waals surface area (Å²) in [6.07, 6.45) is 1.99. The summed E-state index contributed by atoms with van der Waals surface area (Å²) in [6, 6.07) is 10.4. The zero-order valence-corrected chi connectivity index (χ0v) is 13.3. The first-order valence-electron chi connectivity index (χ1n) is 7.59. The Morgan fingerprint density at radius 2 is 1.65 bits per heavy atom. The topological polar surface area (TPSA) is 32.3 Å². The number of nitrogens with zero attached hydrogens (tertiary/aromatic N) is 1. The van der Waals surface area contributed by atoms with Crippen LogP contribution in [0.25, 0.3) is 0 Å². The number of hydrogen-bond donors (Lipinski definition) is 1. The van der Waals surface area contributed by atoms with Gasteiger partial charge < -0.3 is 10.2 Å². The van der Waals surface area contributed by atoms with E-state index in [9.17, 15) is 4.79 Å². The SMILES string of the molecule is CCCN(CCC)C(=O)NCC(C)(C)c1ccccc1. The molecule has 0 aliphatic carbocycles. The van der Waals surface area contributed by atoms with Gasteiger partial charge in [-0.05, 0) is 18.4 Å². The second-order valence-corrected chi connectivity index (χ2v) is 5.90. The number of benzene rings is 1. The summed E-state index contributed by atoms with van der Waals surface area (Å²) < 4.78 is 0. The summed E-state index contributed by atoms with van der Waals surface area (Å²) >= 11 is 0. The maximum Gasteiger partial charge on any atom is 0.317 e. The van der Waals surface area contributed by atoms with Crippen molar-refractivity contribution in [3.8, 4) is 0 Å².